The molecular formula is C8H18BN. The van der Waals surface area contributed by atoms with Gasteiger partial charge < -0.3 is 5.73 Å². The van der Waals surface area contributed by atoms with E-state index in [4.69, 9.17) is 13.6 Å². The maximum Gasteiger partial charge on any atom is 0.0738 e. The van der Waals surface area contributed by atoms with Crippen molar-refractivity contribution >= 4 is 7.85 Å². The van der Waals surface area contributed by atoms with E-state index in [-0.39, 0.29) is 5.31 Å². The molecule has 0 saturated carbocycles. The van der Waals surface area contributed by atoms with Crippen LogP contribution in [-0.2, 0) is 0 Å². The van der Waals surface area contributed by atoms with Gasteiger partial charge in [0.1, 0.15) is 0 Å². The molecule has 0 aliphatic rings. The van der Waals surface area contributed by atoms with Crippen molar-refractivity contribution in [3.05, 3.63) is 0 Å². The summed E-state index contributed by atoms with van der Waals surface area (Å²) < 4.78 is 0. The molecule has 0 bridgehead atoms. The molecule has 0 heterocycles. The van der Waals surface area contributed by atoms with Crippen molar-refractivity contribution in [2.45, 2.75) is 51.4 Å². The van der Waals surface area contributed by atoms with E-state index in [0.29, 0.717) is 6.04 Å². The molecule has 1 atom stereocenters. The van der Waals surface area contributed by atoms with Gasteiger partial charge in [0.05, 0.1) is 7.85 Å². The van der Waals surface area contributed by atoms with Crippen molar-refractivity contribution in [1.82, 2.24) is 0 Å². The van der Waals surface area contributed by atoms with Gasteiger partial charge in [-0.1, -0.05) is 32.0 Å². The van der Waals surface area contributed by atoms with Crippen LogP contribution in [0.5, 0.6) is 0 Å². The predicted octanol–water partition coefficient (Wildman–Crippen LogP) is 1.87. The number of nitrogens with two attached hydrogens (primary N) is 1. The molecule has 0 aromatic heterocycles. The Morgan fingerprint density at radius 2 is 2.00 bits per heavy atom. The van der Waals surface area contributed by atoms with E-state index < -0.39 is 0 Å². The first kappa shape index (κ1) is 10.0. The van der Waals surface area contributed by atoms with E-state index in [2.05, 4.69) is 0 Å². The number of hydrogen-bond donors (Lipinski definition) is 1. The van der Waals surface area contributed by atoms with E-state index in [1.54, 1.807) is 0 Å². The highest BCUT2D eigenvalue weighted by atomic mass is 14.6. The SMILES string of the molecule is [B]C(C)(C)CCCC(C)N. The van der Waals surface area contributed by atoms with Crippen molar-refractivity contribution < 1.29 is 0 Å². The Morgan fingerprint density at radius 3 is 2.30 bits per heavy atom. The van der Waals surface area contributed by atoms with Crippen LogP contribution < -0.4 is 5.73 Å². The summed E-state index contributed by atoms with van der Waals surface area (Å²) in [6.07, 6.45) is 3.29. The Hall–Kier alpha value is 0.0249. The Kier molecular flexibility index (Phi) is 4.03. The average Bonchev–Trinajstić information content (AvgIpc) is 1.59. The highest BCUT2D eigenvalue weighted by molar-refractivity contribution is 6.14. The third-order valence-electron chi connectivity index (χ3n) is 1.48. The summed E-state index contributed by atoms with van der Waals surface area (Å²) in [6, 6.07) is 0.322. The first-order valence-corrected chi connectivity index (χ1v) is 3.96. The summed E-state index contributed by atoms with van der Waals surface area (Å²) in [5.74, 6) is 0. The summed E-state index contributed by atoms with van der Waals surface area (Å²) in [4.78, 5) is 0. The molecule has 1 nitrogen and oxygen atoms in total. The molecule has 0 rings (SSSR count). The lowest BCUT2D eigenvalue weighted by Crippen LogP contribution is -2.15. The van der Waals surface area contributed by atoms with Gasteiger partial charge in [0.15, 0.2) is 0 Å². The molecule has 0 aromatic carbocycles. The molecule has 10 heavy (non-hydrogen) atoms. The van der Waals surface area contributed by atoms with Gasteiger partial charge in [-0.05, 0) is 13.3 Å². The summed E-state index contributed by atoms with van der Waals surface area (Å²) in [5.41, 5.74) is 5.58. The number of rotatable bonds is 4. The van der Waals surface area contributed by atoms with Crippen LogP contribution in [0.2, 0.25) is 5.31 Å². The predicted molar refractivity (Wildman–Crippen MR) is 47.3 cm³/mol. The fourth-order valence-corrected chi connectivity index (χ4v) is 0.880. The van der Waals surface area contributed by atoms with Gasteiger partial charge in [-0.3, -0.25) is 0 Å². The summed E-state index contributed by atoms with van der Waals surface area (Å²) in [5, 5.41) is -0.0190. The van der Waals surface area contributed by atoms with Crippen LogP contribution in [0, 0.1) is 0 Å². The monoisotopic (exact) mass is 139 g/mol. The van der Waals surface area contributed by atoms with Gasteiger partial charge in [0.25, 0.3) is 0 Å². The molecule has 2 N–H and O–H groups in total. The van der Waals surface area contributed by atoms with E-state index >= 15 is 0 Å². The largest absolute Gasteiger partial charge is 0.328 e. The molecular weight excluding hydrogens is 121 g/mol. The first-order chi connectivity index (χ1) is 4.42. The maximum atomic E-state index is 5.78. The maximum absolute atomic E-state index is 5.78. The zero-order valence-corrected chi connectivity index (χ0v) is 7.35. The third-order valence-corrected chi connectivity index (χ3v) is 1.48. The minimum Gasteiger partial charge on any atom is -0.328 e. The summed E-state index contributed by atoms with van der Waals surface area (Å²) in [7, 11) is 5.78. The normalized spacial score (nSPS) is 15.2. The molecule has 2 radical (unpaired) electrons. The zero-order valence-electron chi connectivity index (χ0n) is 7.35. The van der Waals surface area contributed by atoms with Gasteiger partial charge in [0.2, 0.25) is 0 Å². The summed E-state index contributed by atoms with van der Waals surface area (Å²) >= 11 is 0. The van der Waals surface area contributed by atoms with Crippen LogP contribution in [0.3, 0.4) is 0 Å². The lowest BCUT2D eigenvalue weighted by atomic mass is 9.69. The topological polar surface area (TPSA) is 26.0 Å². The second-order valence-electron chi connectivity index (χ2n) is 3.86. The first-order valence-electron chi connectivity index (χ1n) is 3.96. The second kappa shape index (κ2) is 4.02. The van der Waals surface area contributed by atoms with Crippen LogP contribution in [0.4, 0.5) is 0 Å². The van der Waals surface area contributed by atoms with Crippen LogP contribution >= 0.6 is 0 Å². The van der Waals surface area contributed by atoms with Gasteiger partial charge in [-0.15, -0.1) is 0 Å². The van der Waals surface area contributed by atoms with E-state index in [0.717, 1.165) is 19.3 Å². The molecule has 0 amide bonds. The van der Waals surface area contributed by atoms with Gasteiger partial charge in [-0.25, -0.2) is 0 Å². The number of hydrogen-bond acceptors (Lipinski definition) is 1. The Labute approximate surface area is 65.8 Å². The van der Waals surface area contributed by atoms with Crippen molar-refractivity contribution in [2.24, 2.45) is 5.73 Å². The zero-order chi connectivity index (χ0) is 8.20. The molecule has 0 aliphatic carbocycles. The van der Waals surface area contributed by atoms with Crippen LogP contribution in [0.15, 0.2) is 0 Å². The lowest BCUT2D eigenvalue weighted by molar-refractivity contribution is 0.526. The molecule has 58 valence electrons. The molecule has 0 aromatic rings. The van der Waals surface area contributed by atoms with Crippen LogP contribution in [0.1, 0.15) is 40.0 Å². The standard InChI is InChI=1S/C8H18BN/c1-7(10)5-4-6-8(2,3)9/h7H,4-6,10H2,1-3H3. The minimum atomic E-state index is -0.0190. The van der Waals surface area contributed by atoms with Crippen molar-refractivity contribution in [2.75, 3.05) is 0 Å². The highest BCUT2D eigenvalue weighted by Gasteiger charge is 2.08. The van der Waals surface area contributed by atoms with Gasteiger partial charge >= 0.3 is 0 Å². The molecule has 2 heteroatoms. The average molecular weight is 139 g/mol. The van der Waals surface area contributed by atoms with Crippen molar-refractivity contribution in [3.63, 3.8) is 0 Å². The highest BCUT2D eigenvalue weighted by Crippen LogP contribution is 2.25. The van der Waals surface area contributed by atoms with Crippen LogP contribution in [0.25, 0.3) is 0 Å². The van der Waals surface area contributed by atoms with E-state index in [1.807, 2.05) is 20.8 Å². The lowest BCUT2D eigenvalue weighted by Gasteiger charge is -2.18. The van der Waals surface area contributed by atoms with Gasteiger partial charge in [0, 0.05) is 6.04 Å². The molecule has 1 unspecified atom stereocenters. The molecule has 0 spiro atoms. The Bertz CT molecular complexity index is 83.7. The molecule has 0 saturated heterocycles. The third kappa shape index (κ3) is 8.02. The Balaban J connectivity index is 3.21. The quantitative estimate of drug-likeness (QED) is 0.591. The van der Waals surface area contributed by atoms with Crippen LogP contribution in [-0.4, -0.2) is 13.9 Å². The van der Waals surface area contributed by atoms with Crippen molar-refractivity contribution in [1.29, 1.82) is 0 Å². The van der Waals surface area contributed by atoms with Gasteiger partial charge in [-0.2, -0.15) is 0 Å². The molecule has 0 aliphatic heterocycles. The fraction of sp³-hybridized carbons (Fsp3) is 1.00. The summed E-state index contributed by atoms with van der Waals surface area (Å²) in [6.45, 7) is 6.13. The van der Waals surface area contributed by atoms with Crippen molar-refractivity contribution in [3.8, 4) is 0 Å². The fourth-order valence-electron chi connectivity index (χ4n) is 0.880. The van der Waals surface area contributed by atoms with E-state index in [1.165, 1.54) is 0 Å². The minimum absolute atomic E-state index is 0.0190. The molecule has 0 fully saturated rings. The Morgan fingerprint density at radius 1 is 1.50 bits per heavy atom. The second-order valence-corrected chi connectivity index (χ2v) is 3.86. The van der Waals surface area contributed by atoms with E-state index in [9.17, 15) is 0 Å². The smallest absolute Gasteiger partial charge is 0.0738 e.